The molecule has 0 spiro atoms. The molecule has 38 heavy (non-hydrogen) atoms. The van der Waals surface area contributed by atoms with E-state index < -0.39 is 4.92 Å². The summed E-state index contributed by atoms with van der Waals surface area (Å²) in [5.74, 6) is 0. The van der Waals surface area contributed by atoms with Gasteiger partial charge in [-0.3, -0.25) is 19.7 Å². The minimum Gasteiger partial charge on any atom is -0.334 e. The van der Waals surface area contributed by atoms with E-state index in [0.717, 1.165) is 37.2 Å². The standard InChI is InChI=1S/C28H29N5O3S2/c1-28(2,3)31-38-24-16-22(32(4)27(34)30-17-19-8-6-5-7-9-19)14-15-23(24)25-18-29-26(37-25)20-10-12-21(13-11-20)33(35)36/h5-16,18,31H,17H2,1-4H3,(H,30,34). The van der Waals surface area contributed by atoms with Crippen molar-refractivity contribution in [3.8, 4) is 21.0 Å². The molecule has 0 aliphatic heterocycles. The topological polar surface area (TPSA) is 100 Å². The second-order valence-electron chi connectivity index (χ2n) is 9.67. The predicted molar refractivity (Wildman–Crippen MR) is 155 cm³/mol. The summed E-state index contributed by atoms with van der Waals surface area (Å²) in [4.78, 5) is 31.5. The molecule has 2 amide bonds. The number of carbonyl (C=O) groups excluding carboxylic acids is 1. The molecule has 10 heteroatoms. The molecule has 4 rings (SSSR count). The number of anilines is 1. The largest absolute Gasteiger partial charge is 0.334 e. The molecular weight excluding hydrogens is 518 g/mol. The van der Waals surface area contributed by atoms with Crippen molar-refractivity contribution in [2.24, 2.45) is 0 Å². The number of benzene rings is 3. The highest BCUT2D eigenvalue weighted by atomic mass is 32.2. The van der Waals surface area contributed by atoms with E-state index >= 15 is 0 Å². The molecule has 0 fully saturated rings. The zero-order valence-corrected chi connectivity index (χ0v) is 23.2. The van der Waals surface area contributed by atoms with Crippen LogP contribution in [0.15, 0.2) is 83.9 Å². The maximum absolute atomic E-state index is 12.9. The molecule has 0 aliphatic carbocycles. The Bertz CT molecular complexity index is 1420. The third-order valence-corrected chi connectivity index (χ3v) is 7.86. The first-order chi connectivity index (χ1) is 18.1. The van der Waals surface area contributed by atoms with Crippen molar-refractivity contribution in [3.63, 3.8) is 0 Å². The van der Waals surface area contributed by atoms with E-state index in [0.29, 0.717) is 6.54 Å². The van der Waals surface area contributed by atoms with Crippen LogP contribution >= 0.6 is 23.3 Å². The summed E-state index contributed by atoms with van der Waals surface area (Å²) in [5, 5.41) is 14.7. The van der Waals surface area contributed by atoms with E-state index in [1.165, 1.54) is 35.4 Å². The lowest BCUT2D eigenvalue weighted by atomic mass is 10.1. The Morgan fingerprint density at radius 1 is 1.08 bits per heavy atom. The highest BCUT2D eigenvalue weighted by Crippen LogP contribution is 2.39. The number of hydrogen-bond donors (Lipinski definition) is 2. The summed E-state index contributed by atoms with van der Waals surface area (Å²) >= 11 is 3.02. The van der Waals surface area contributed by atoms with Gasteiger partial charge in [0.1, 0.15) is 5.01 Å². The van der Waals surface area contributed by atoms with Gasteiger partial charge in [-0.25, -0.2) is 9.78 Å². The molecule has 0 aliphatic rings. The van der Waals surface area contributed by atoms with Gasteiger partial charge in [0, 0.05) is 59.2 Å². The molecule has 2 N–H and O–H groups in total. The number of nitro benzene ring substituents is 1. The van der Waals surface area contributed by atoms with Gasteiger partial charge in [-0.2, -0.15) is 0 Å². The summed E-state index contributed by atoms with van der Waals surface area (Å²) in [6.07, 6.45) is 1.81. The van der Waals surface area contributed by atoms with Gasteiger partial charge >= 0.3 is 6.03 Å². The second kappa shape index (κ2) is 11.8. The van der Waals surface area contributed by atoms with Gasteiger partial charge in [-0.1, -0.05) is 36.4 Å². The van der Waals surface area contributed by atoms with Gasteiger partial charge in [-0.15, -0.1) is 11.3 Å². The normalized spacial score (nSPS) is 11.3. The molecular formula is C28H29N5O3S2. The van der Waals surface area contributed by atoms with Gasteiger partial charge in [0.15, 0.2) is 0 Å². The highest BCUT2D eigenvalue weighted by molar-refractivity contribution is 7.97. The van der Waals surface area contributed by atoms with Crippen molar-refractivity contribution in [2.45, 2.75) is 37.8 Å². The third-order valence-electron chi connectivity index (χ3n) is 5.51. The molecule has 1 heterocycles. The molecule has 196 valence electrons. The summed E-state index contributed by atoms with van der Waals surface area (Å²) in [5.41, 5.74) is 3.51. The summed E-state index contributed by atoms with van der Waals surface area (Å²) in [7, 11) is 1.75. The van der Waals surface area contributed by atoms with Crippen LogP contribution in [0.2, 0.25) is 0 Å². The molecule has 0 unspecified atom stereocenters. The van der Waals surface area contributed by atoms with Crippen LogP contribution in [-0.4, -0.2) is 28.5 Å². The number of thiazole rings is 1. The molecule has 3 aromatic carbocycles. The number of amides is 2. The van der Waals surface area contributed by atoms with E-state index in [4.69, 9.17) is 0 Å². The highest BCUT2D eigenvalue weighted by Gasteiger charge is 2.18. The van der Waals surface area contributed by atoms with Gasteiger partial charge in [0.25, 0.3) is 5.69 Å². The zero-order valence-electron chi connectivity index (χ0n) is 21.6. The second-order valence-corrected chi connectivity index (χ2v) is 11.6. The zero-order chi connectivity index (χ0) is 27.3. The van der Waals surface area contributed by atoms with E-state index in [1.54, 1.807) is 24.1 Å². The van der Waals surface area contributed by atoms with Crippen molar-refractivity contribution < 1.29 is 9.72 Å². The van der Waals surface area contributed by atoms with E-state index in [2.05, 4.69) is 35.8 Å². The van der Waals surface area contributed by atoms with Crippen LogP contribution in [0.4, 0.5) is 16.2 Å². The lowest BCUT2D eigenvalue weighted by Crippen LogP contribution is -2.36. The van der Waals surface area contributed by atoms with Crippen LogP contribution in [0, 0.1) is 10.1 Å². The minimum atomic E-state index is -0.413. The van der Waals surface area contributed by atoms with Crippen molar-refractivity contribution in [2.75, 3.05) is 11.9 Å². The SMILES string of the molecule is CN(C(=O)NCc1ccccc1)c1ccc(-c2cnc(-c3ccc([N+](=O)[O-])cc3)s2)c(SNC(C)(C)C)c1. The van der Waals surface area contributed by atoms with Gasteiger partial charge < -0.3 is 5.32 Å². The molecule has 0 atom stereocenters. The number of hydrogen-bond acceptors (Lipinski definition) is 7. The first-order valence-electron chi connectivity index (χ1n) is 12.0. The number of carbonyl (C=O) groups is 1. The van der Waals surface area contributed by atoms with Crippen LogP contribution in [-0.2, 0) is 6.54 Å². The fourth-order valence-corrected chi connectivity index (χ4v) is 5.39. The fraction of sp³-hybridized carbons (Fsp3) is 0.214. The van der Waals surface area contributed by atoms with Crippen LogP contribution in [0.3, 0.4) is 0 Å². The Hall–Kier alpha value is -3.73. The molecule has 0 saturated heterocycles. The van der Waals surface area contributed by atoms with Gasteiger partial charge in [0.05, 0.1) is 9.80 Å². The Morgan fingerprint density at radius 3 is 2.45 bits per heavy atom. The van der Waals surface area contributed by atoms with Gasteiger partial charge in [-0.05, 0) is 62.5 Å². The summed E-state index contributed by atoms with van der Waals surface area (Å²) in [6.45, 7) is 6.71. The average Bonchev–Trinajstić information content (AvgIpc) is 3.40. The first-order valence-corrected chi connectivity index (χ1v) is 13.6. The number of urea groups is 1. The average molecular weight is 548 g/mol. The Kier molecular flexibility index (Phi) is 8.45. The molecule has 4 aromatic rings. The van der Waals surface area contributed by atoms with Crippen molar-refractivity contribution in [3.05, 3.63) is 94.7 Å². The monoisotopic (exact) mass is 547 g/mol. The van der Waals surface area contributed by atoms with Gasteiger partial charge in [0.2, 0.25) is 0 Å². The molecule has 0 radical (unpaired) electrons. The van der Waals surface area contributed by atoms with E-state index in [1.807, 2.05) is 54.7 Å². The fourth-order valence-electron chi connectivity index (χ4n) is 3.48. The predicted octanol–water partition coefficient (Wildman–Crippen LogP) is 7.13. The van der Waals surface area contributed by atoms with E-state index in [9.17, 15) is 14.9 Å². The lowest BCUT2D eigenvalue weighted by Gasteiger charge is -2.23. The summed E-state index contributed by atoms with van der Waals surface area (Å²) < 4.78 is 3.46. The number of aromatic nitrogens is 1. The lowest BCUT2D eigenvalue weighted by molar-refractivity contribution is -0.384. The maximum atomic E-state index is 12.9. The molecule has 1 aromatic heterocycles. The quantitative estimate of drug-likeness (QED) is 0.138. The van der Waals surface area contributed by atoms with Crippen molar-refractivity contribution in [1.82, 2.24) is 15.0 Å². The number of nitrogens with one attached hydrogen (secondary N) is 2. The molecule has 0 bridgehead atoms. The van der Waals surface area contributed by atoms with Crippen LogP contribution in [0.5, 0.6) is 0 Å². The summed E-state index contributed by atoms with van der Waals surface area (Å²) in [6, 6.07) is 21.9. The first kappa shape index (κ1) is 27.3. The third kappa shape index (κ3) is 6.97. The van der Waals surface area contributed by atoms with Crippen molar-refractivity contribution in [1.29, 1.82) is 0 Å². The number of rotatable bonds is 8. The molecule has 8 nitrogen and oxygen atoms in total. The Morgan fingerprint density at radius 2 is 1.79 bits per heavy atom. The van der Waals surface area contributed by atoms with Crippen LogP contribution in [0.25, 0.3) is 21.0 Å². The number of nitrogens with zero attached hydrogens (tertiary/aromatic N) is 3. The van der Waals surface area contributed by atoms with E-state index in [-0.39, 0.29) is 17.3 Å². The van der Waals surface area contributed by atoms with Crippen LogP contribution in [0.1, 0.15) is 26.3 Å². The maximum Gasteiger partial charge on any atom is 0.321 e. The number of nitro groups is 1. The Balaban J connectivity index is 1.58. The Labute approximate surface area is 230 Å². The smallest absolute Gasteiger partial charge is 0.321 e. The van der Waals surface area contributed by atoms with Crippen LogP contribution < -0.4 is 14.9 Å². The number of non-ortho nitro benzene ring substituents is 1. The molecule has 0 saturated carbocycles. The minimum absolute atomic E-state index is 0.0463. The van der Waals surface area contributed by atoms with Crippen molar-refractivity contribution >= 4 is 40.7 Å².